The summed E-state index contributed by atoms with van der Waals surface area (Å²) in [4.78, 5) is 13.1. The third-order valence-corrected chi connectivity index (χ3v) is 5.22. The summed E-state index contributed by atoms with van der Waals surface area (Å²) < 4.78 is 7.45. The first-order chi connectivity index (χ1) is 9.78. The van der Waals surface area contributed by atoms with Crippen LogP contribution in [0.2, 0.25) is 0 Å². The fourth-order valence-electron chi connectivity index (χ4n) is 2.93. The maximum absolute atomic E-state index is 6.07. The number of aromatic nitrogens is 4. The van der Waals surface area contributed by atoms with Crippen molar-refractivity contribution in [3.05, 3.63) is 12.2 Å². The van der Waals surface area contributed by atoms with Crippen molar-refractivity contribution in [1.29, 1.82) is 0 Å². The van der Waals surface area contributed by atoms with Gasteiger partial charge in [0.05, 0.1) is 13.0 Å². The largest absolute Gasteiger partial charge is 0.479 e. The first-order valence-electron chi connectivity index (χ1n) is 6.63. The van der Waals surface area contributed by atoms with Gasteiger partial charge in [0, 0.05) is 11.3 Å². The molecule has 7 heteroatoms. The van der Waals surface area contributed by atoms with Crippen molar-refractivity contribution >= 4 is 34.5 Å². The molecule has 5 nitrogen and oxygen atoms in total. The van der Waals surface area contributed by atoms with Crippen molar-refractivity contribution in [2.45, 2.75) is 36.4 Å². The molecule has 2 aromatic heterocycles. The fraction of sp³-hybridized carbons (Fsp3) is 0.615. The molecule has 0 spiro atoms. The van der Waals surface area contributed by atoms with Crippen molar-refractivity contribution in [1.82, 2.24) is 19.5 Å². The molecule has 0 aliphatic heterocycles. The molecule has 0 amide bonds. The van der Waals surface area contributed by atoms with E-state index in [2.05, 4.69) is 25.8 Å². The van der Waals surface area contributed by atoms with E-state index in [0.29, 0.717) is 28.6 Å². The fourth-order valence-corrected chi connectivity index (χ4v) is 3.90. The van der Waals surface area contributed by atoms with E-state index in [1.54, 1.807) is 7.11 Å². The molecule has 0 saturated heterocycles. The Hall–Kier alpha value is -1.01. The van der Waals surface area contributed by atoms with Gasteiger partial charge in [-0.25, -0.2) is 9.97 Å². The molecule has 2 aromatic rings. The van der Waals surface area contributed by atoms with Crippen LogP contribution in [0.3, 0.4) is 0 Å². The quantitative estimate of drug-likeness (QED) is 0.812. The molecule has 2 heterocycles. The minimum Gasteiger partial charge on any atom is -0.479 e. The van der Waals surface area contributed by atoms with E-state index >= 15 is 0 Å². The number of rotatable bonds is 4. The molecule has 3 rings (SSSR count). The van der Waals surface area contributed by atoms with Crippen LogP contribution in [-0.4, -0.2) is 38.1 Å². The monoisotopic (exact) mass is 312 g/mol. The predicted molar refractivity (Wildman–Crippen MR) is 81.6 cm³/mol. The van der Waals surface area contributed by atoms with Crippen molar-refractivity contribution < 1.29 is 4.74 Å². The van der Waals surface area contributed by atoms with Crippen molar-refractivity contribution in [3.63, 3.8) is 0 Å². The summed E-state index contributed by atoms with van der Waals surface area (Å²) in [5, 5.41) is 0.712. The van der Waals surface area contributed by atoms with E-state index in [1.165, 1.54) is 12.7 Å². The third kappa shape index (κ3) is 2.24. The summed E-state index contributed by atoms with van der Waals surface area (Å²) in [7, 11) is 1.60. The second-order valence-electron chi connectivity index (χ2n) is 4.91. The van der Waals surface area contributed by atoms with E-state index in [-0.39, 0.29) is 0 Å². The highest BCUT2D eigenvalue weighted by Gasteiger charge is 2.29. The standard InChI is InChI=1S/C13H17ClN4OS/c1-19-13-11-12(15-7-16-13)18(10(6-14)17-11)8-3-4-9(5-8)20-2/h7-9H,3-6H2,1-2H3. The molecule has 20 heavy (non-hydrogen) atoms. The molecular weight excluding hydrogens is 296 g/mol. The lowest BCUT2D eigenvalue weighted by Crippen LogP contribution is -2.10. The number of hydrogen-bond donors (Lipinski definition) is 0. The number of fused-ring (bicyclic) bond motifs is 1. The van der Waals surface area contributed by atoms with E-state index in [9.17, 15) is 0 Å². The van der Waals surface area contributed by atoms with Crippen LogP contribution in [0, 0.1) is 0 Å². The Labute approximate surface area is 127 Å². The molecule has 0 N–H and O–H groups in total. The second-order valence-corrected chi connectivity index (χ2v) is 6.32. The van der Waals surface area contributed by atoms with Crippen molar-refractivity contribution in [2.75, 3.05) is 13.4 Å². The van der Waals surface area contributed by atoms with Crippen LogP contribution in [0.1, 0.15) is 31.1 Å². The number of thioether (sulfide) groups is 1. The van der Waals surface area contributed by atoms with Gasteiger partial charge >= 0.3 is 0 Å². The van der Waals surface area contributed by atoms with Gasteiger partial charge in [-0.15, -0.1) is 11.6 Å². The molecule has 1 fully saturated rings. The Kier molecular flexibility index (Phi) is 4.03. The zero-order valence-electron chi connectivity index (χ0n) is 11.5. The lowest BCUT2D eigenvalue weighted by Gasteiger charge is -2.15. The molecular formula is C13H17ClN4OS. The van der Waals surface area contributed by atoms with Crippen molar-refractivity contribution in [2.24, 2.45) is 0 Å². The average Bonchev–Trinajstić information content (AvgIpc) is 3.09. The molecule has 1 aliphatic carbocycles. The Morgan fingerprint density at radius 3 is 2.95 bits per heavy atom. The van der Waals surface area contributed by atoms with Crippen LogP contribution in [0.25, 0.3) is 11.2 Å². The second kappa shape index (κ2) is 5.77. The molecule has 2 atom stereocenters. The van der Waals surface area contributed by atoms with E-state index in [4.69, 9.17) is 16.3 Å². The molecule has 0 aromatic carbocycles. The van der Waals surface area contributed by atoms with Crippen LogP contribution in [0.15, 0.2) is 6.33 Å². The molecule has 0 radical (unpaired) electrons. The first kappa shape index (κ1) is 13.9. The number of ether oxygens (including phenoxy) is 1. The van der Waals surface area contributed by atoms with Crippen LogP contribution in [-0.2, 0) is 5.88 Å². The minimum atomic E-state index is 0.375. The summed E-state index contributed by atoms with van der Waals surface area (Å²) in [6.45, 7) is 0. The Bertz CT molecular complexity index is 618. The van der Waals surface area contributed by atoms with Gasteiger partial charge in [-0.05, 0) is 25.5 Å². The summed E-state index contributed by atoms with van der Waals surface area (Å²) in [6, 6.07) is 0.422. The number of halogens is 1. The Morgan fingerprint density at radius 2 is 2.30 bits per heavy atom. The zero-order valence-corrected chi connectivity index (χ0v) is 13.1. The van der Waals surface area contributed by atoms with Crippen LogP contribution in [0.5, 0.6) is 5.88 Å². The average molecular weight is 313 g/mol. The summed E-state index contributed by atoms with van der Waals surface area (Å²) in [6.07, 6.45) is 7.22. The van der Waals surface area contributed by atoms with Gasteiger partial charge in [-0.2, -0.15) is 16.7 Å². The smallest absolute Gasteiger partial charge is 0.245 e. The molecule has 0 bridgehead atoms. The summed E-state index contributed by atoms with van der Waals surface area (Å²) in [5.41, 5.74) is 1.54. The number of alkyl halides is 1. The van der Waals surface area contributed by atoms with Crippen LogP contribution >= 0.6 is 23.4 Å². The highest BCUT2D eigenvalue weighted by atomic mass is 35.5. The maximum atomic E-state index is 6.07. The van der Waals surface area contributed by atoms with Gasteiger partial charge in [-0.1, -0.05) is 0 Å². The van der Waals surface area contributed by atoms with Gasteiger partial charge in [0.25, 0.3) is 0 Å². The van der Waals surface area contributed by atoms with Crippen molar-refractivity contribution in [3.8, 4) is 5.88 Å². The highest BCUT2D eigenvalue weighted by Crippen LogP contribution is 2.39. The number of nitrogens with zero attached hydrogens (tertiary/aromatic N) is 4. The van der Waals surface area contributed by atoms with Gasteiger partial charge in [0.15, 0.2) is 11.2 Å². The van der Waals surface area contributed by atoms with E-state index < -0.39 is 0 Å². The lowest BCUT2D eigenvalue weighted by atomic mass is 10.2. The third-order valence-electron chi connectivity index (χ3n) is 3.88. The number of hydrogen-bond acceptors (Lipinski definition) is 5. The van der Waals surface area contributed by atoms with Gasteiger partial charge in [0.2, 0.25) is 5.88 Å². The number of imidazole rings is 1. The Balaban J connectivity index is 2.09. The SMILES string of the molecule is COc1ncnc2c1nc(CCl)n2C1CCC(SC)C1. The maximum Gasteiger partial charge on any atom is 0.245 e. The molecule has 1 aliphatic rings. The highest BCUT2D eigenvalue weighted by molar-refractivity contribution is 7.99. The zero-order chi connectivity index (χ0) is 14.1. The van der Waals surface area contributed by atoms with E-state index in [0.717, 1.165) is 24.3 Å². The summed E-state index contributed by atoms with van der Waals surface area (Å²) >= 11 is 8.01. The summed E-state index contributed by atoms with van der Waals surface area (Å²) in [5.74, 6) is 1.74. The number of methoxy groups -OCH3 is 1. The van der Waals surface area contributed by atoms with E-state index in [1.807, 2.05) is 11.8 Å². The van der Waals surface area contributed by atoms with Gasteiger partial charge in [-0.3, -0.25) is 0 Å². The van der Waals surface area contributed by atoms with Crippen LogP contribution < -0.4 is 4.74 Å². The molecule has 1 saturated carbocycles. The first-order valence-corrected chi connectivity index (χ1v) is 8.45. The molecule has 2 unspecified atom stereocenters. The topological polar surface area (TPSA) is 52.8 Å². The minimum absolute atomic E-state index is 0.375. The lowest BCUT2D eigenvalue weighted by molar-refractivity contribution is 0.401. The van der Waals surface area contributed by atoms with Gasteiger partial charge in [0.1, 0.15) is 12.2 Å². The van der Waals surface area contributed by atoms with Gasteiger partial charge < -0.3 is 9.30 Å². The normalized spacial score (nSPS) is 22.6. The molecule has 108 valence electrons. The predicted octanol–water partition coefficient (Wildman–Crippen LogP) is 3.03. The van der Waals surface area contributed by atoms with Crippen LogP contribution in [0.4, 0.5) is 0 Å². The Morgan fingerprint density at radius 1 is 1.45 bits per heavy atom.